The molecule has 0 aliphatic heterocycles. The number of aromatic nitrogens is 5. The lowest BCUT2D eigenvalue weighted by molar-refractivity contribution is 0.716. The van der Waals surface area contributed by atoms with Crippen LogP contribution >= 0.6 is 0 Å². The van der Waals surface area contributed by atoms with E-state index in [-0.39, 0.29) is 5.56 Å². The van der Waals surface area contributed by atoms with Crippen LogP contribution in [0, 0.1) is 0 Å². The van der Waals surface area contributed by atoms with Crippen LogP contribution < -0.4 is 5.56 Å². The number of hydrogen-bond acceptors (Lipinski definition) is 4. The maximum Gasteiger partial charge on any atom is 0.296 e. The van der Waals surface area contributed by atoms with Crippen LogP contribution in [-0.2, 0) is 7.05 Å². The Labute approximate surface area is 60.8 Å². The van der Waals surface area contributed by atoms with E-state index in [0.717, 1.165) is 0 Å². The van der Waals surface area contributed by atoms with E-state index in [9.17, 15) is 4.79 Å². The molecule has 0 atom stereocenters. The first-order valence-corrected chi connectivity index (χ1v) is 3.02. The summed E-state index contributed by atoms with van der Waals surface area (Å²) in [5, 5.41) is 13.5. The van der Waals surface area contributed by atoms with Crippen LogP contribution in [0.3, 0.4) is 0 Å². The van der Waals surface area contributed by atoms with E-state index in [1.165, 1.54) is 10.9 Å². The lowest BCUT2D eigenvalue weighted by Gasteiger charge is -1.90. The van der Waals surface area contributed by atoms with Crippen molar-refractivity contribution in [3.05, 3.63) is 16.6 Å². The Morgan fingerprint density at radius 1 is 1.55 bits per heavy atom. The Bertz CT molecular complexity index is 441. The summed E-state index contributed by atoms with van der Waals surface area (Å²) in [7, 11) is 1.57. The molecule has 6 nitrogen and oxygen atoms in total. The molecule has 0 aliphatic rings. The van der Waals surface area contributed by atoms with Crippen molar-refractivity contribution >= 4 is 11.0 Å². The van der Waals surface area contributed by atoms with Gasteiger partial charge in [0, 0.05) is 7.05 Å². The van der Waals surface area contributed by atoms with E-state index in [1.54, 1.807) is 7.05 Å². The maximum atomic E-state index is 11.2. The molecule has 0 aromatic carbocycles. The van der Waals surface area contributed by atoms with Crippen LogP contribution in [0.1, 0.15) is 0 Å². The van der Waals surface area contributed by atoms with Crippen LogP contribution in [0.15, 0.2) is 11.0 Å². The van der Waals surface area contributed by atoms with E-state index < -0.39 is 0 Å². The lowest BCUT2D eigenvalue weighted by atomic mass is 10.5. The van der Waals surface area contributed by atoms with Crippen LogP contribution in [0.4, 0.5) is 0 Å². The van der Waals surface area contributed by atoms with Gasteiger partial charge in [-0.2, -0.15) is 20.5 Å². The molecule has 56 valence electrons. The average molecular weight is 151 g/mol. The SMILES string of the molecule is Cn1ncc2n[nH]nc2c1=O. The summed E-state index contributed by atoms with van der Waals surface area (Å²) in [6, 6.07) is 0. The fraction of sp³-hybridized carbons (Fsp3) is 0.200. The van der Waals surface area contributed by atoms with Gasteiger partial charge in [0.25, 0.3) is 5.56 Å². The van der Waals surface area contributed by atoms with Gasteiger partial charge in [-0.3, -0.25) is 4.79 Å². The number of fused-ring (bicyclic) bond motifs is 1. The molecule has 0 aliphatic carbocycles. The largest absolute Gasteiger partial charge is 0.296 e. The second-order valence-corrected chi connectivity index (χ2v) is 2.13. The van der Waals surface area contributed by atoms with Gasteiger partial charge in [-0.25, -0.2) is 4.68 Å². The Morgan fingerprint density at radius 3 is 3.18 bits per heavy atom. The number of nitrogens with one attached hydrogen (secondary N) is 1. The van der Waals surface area contributed by atoms with Gasteiger partial charge in [0.15, 0.2) is 5.52 Å². The molecule has 2 rings (SSSR count). The molecule has 2 aromatic rings. The van der Waals surface area contributed by atoms with Crippen molar-refractivity contribution in [1.82, 2.24) is 25.2 Å². The minimum atomic E-state index is -0.240. The highest BCUT2D eigenvalue weighted by molar-refractivity contribution is 5.70. The van der Waals surface area contributed by atoms with Gasteiger partial charge in [0.05, 0.1) is 6.20 Å². The smallest absolute Gasteiger partial charge is 0.265 e. The summed E-state index contributed by atoms with van der Waals surface area (Å²) >= 11 is 0. The molecule has 0 unspecified atom stereocenters. The van der Waals surface area contributed by atoms with Crippen molar-refractivity contribution in [2.24, 2.45) is 7.05 Å². The molecule has 11 heavy (non-hydrogen) atoms. The Morgan fingerprint density at radius 2 is 2.36 bits per heavy atom. The predicted octanol–water partition coefficient (Wildman–Crippen LogP) is -0.948. The van der Waals surface area contributed by atoms with Gasteiger partial charge >= 0.3 is 0 Å². The maximum absolute atomic E-state index is 11.2. The normalized spacial score (nSPS) is 10.6. The standard InChI is InChI=1S/C5H5N5O/c1-10-5(11)4-3(2-6-10)7-9-8-4/h2H,1H3,(H,7,8,9). The second kappa shape index (κ2) is 1.88. The van der Waals surface area contributed by atoms with Gasteiger partial charge in [-0.05, 0) is 0 Å². The van der Waals surface area contributed by atoms with Gasteiger partial charge in [0.2, 0.25) is 0 Å². The van der Waals surface area contributed by atoms with Crippen LogP contribution in [0.5, 0.6) is 0 Å². The molecule has 2 heterocycles. The first-order valence-electron chi connectivity index (χ1n) is 3.02. The van der Waals surface area contributed by atoms with E-state index in [1.807, 2.05) is 0 Å². The van der Waals surface area contributed by atoms with Crippen molar-refractivity contribution < 1.29 is 0 Å². The zero-order chi connectivity index (χ0) is 7.84. The van der Waals surface area contributed by atoms with Crippen LogP contribution in [-0.4, -0.2) is 25.2 Å². The predicted molar refractivity (Wildman–Crippen MR) is 36.9 cm³/mol. The number of hydrogen-bond donors (Lipinski definition) is 1. The highest BCUT2D eigenvalue weighted by Gasteiger charge is 2.03. The Balaban J connectivity index is 3.05. The molecule has 0 saturated carbocycles. The molecular weight excluding hydrogens is 146 g/mol. The summed E-state index contributed by atoms with van der Waals surface area (Å²) in [6.45, 7) is 0. The Hall–Kier alpha value is -1.72. The van der Waals surface area contributed by atoms with Crippen molar-refractivity contribution in [2.75, 3.05) is 0 Å². The second-order valence-electron chi connectivity index (χ2n) is 2.13. The third kappa shape index (κ3) is 0.721. The van der Waals surface area contributed by atoms with Gasteiger partial charge in [-0.15, -0.1) is 0 Å². The summed E-state index contributed by atoms with van der Waals surface area (Å²) in [5.74, 6) is 0. The molecule has 2 aromatic heterocycles. The summed E-state index contributed by atoms with van der Waals surface area (Å²) < 4.78 is 1.21. The highest BCUT2D eigenvalue weighted by Crippen LogP contribution is 1.95. The third-order valence-corrected chi connectivity index (χ3v) is 1.42. The van der Waals surface area contributed by atoms with E-state index in [4.69, 9.17) is 0 Å². The fourth-order valence-electron chi connectivity index (χ4n) is 0.833. The number of rotatable bonds is 0. The van der Waals surface area contributed by atoms with Crippen molar-refractivity contribution in [2.45, 2.75) is 0 Å². The minimum Gasteiger partial charge on any atom is -0.265 e. The molecule has 6 heteroatoms. The molecule has 0 bridgehead atoms. The topological polar surface area (TPSA) is 76.5 Å². The fourth-order valence-corrected chi connectivity index (χ4v) is 0.833. The van der Waals surface area contributed by atoms with Gasteiger partial charge < -0.3 is 0 Å². The first-order chi connectivity index (χ1) is 5.29. The zero-order valence-corrected chi connectivity index (χ0v) is 5.77. The monoisotopic (exact) mass is 151 g/mol. The highest BCUT2D eigenvalue weighted by atomic mass is 16.1. The Kier molecular flexibility index (Phi) is 1.03. The van der Waals surface area contributed by atoms with Gasteiger partial charge in [0.1, 0.15) is 5.52 Å². The van der Waals surface area contributed by atoms with Crippen molar-refractivity contribution in [3.8, 4) is 0 Å². The summed E-state index contributed by atoms with van der Waals surface area (Å²) in [5.41, 5.74) is 0.576. The van der Waals surface area contributed by atoms with Crippen molar-refractivity contribution in [1.29, 1.82) is 0 Å². The number of H-pyrrole nitrogens is 1. The van der Waals surface area contributed by atoms with Crippen LogP contribution in [0.2, 0.25) is 0 Å². The quantitative estimate of drug-likeness (QED) is 0.526. The molecular formula is C5H5N5O. The molecule has 0 amide bonds. The lowest BCUT2D eigenvalue weighted by Crippen LogP contribution is -2.18. The zero-order valence-electron chi connectivity index (χ0n) is 5.77. The number of nitrogens with zero attached hydrogens (tertiary/aromatic N) is 4. The van der Waals surface area contributed by atoms with Gasteiger partial charge in [-0.1, -0.05) is 0 Å². The summed E-state index contributed by atoms with van der Waals surface area (Å²) in [6.07, 6.45) is 1.49. The molecule has 0 fully saturated rings. The first kappa shape index (κ1) is 6.02. The van der Waals surface area contributed by atoms with E-state index >= 15 is 0 Å². The average Bonchev–Trinajstić information content (AvgIpc) is 2.45. The third-order valence-electron chi connectivity index (χ3n) is 1.42. The number of aryl methyl sites for hydroxylation is 1. The molecule has 0 radical (unpaired) electrons. The number of aromatic amines is 1. The molecule has 1 N–H and O–H groups in total. The van der Waals surface area contributed by atoms with Crippen molar-refractivity contribution in [3.63, 3.8) is 0 Å². The minimum absolute atomic E-state index is 0.240. The van der Waals surface area contributed by atoms with E-state index in [2.05, 4.69) is 20.5 Å². The van der Waals surface area contributed by atoms with Crippen LogP contribution in [0.25, 0.3) is 11.0 Å². The summed E-state index contributed by atoms with van der Waals surface area (Å²) in [4.78, 5) is 11.2. The van der Waals surface area contributed by atoms with E-state index in [0.29, 0.717) is 11.0 Å². The molecule has 0 spiro atoms. The molecule has 0 saturated heterocycles.